The van der Waals surface area contributed by atoms with Crippen molar-refractivity contribution < 1.29 is 19.1 Å². The Bertz CT molecular complexity index is 1570. The summed E-state index contributed by atoms with van der Waals surface area (Å²) < 4.78 is 6.80. The molecule has 10 heteroatoms. The first-order valence-corrected chi connectivity index (χ1v) is 13.4. The number of halogens is 3. The molecule has 0 saturated heterocycles. The Balaban J connectivity index is 1.45. The van der Waals surface area contributed by atoms with Crippen LogP contribution in [-0.4, -0.2) is 24.0 Å². The zero-order valence-electron chi connectivity index (χ0n) is 20.4. The van der Waals surface area contributed by atoms with Crippen molar-refractivity contribution in [3.05, 3.63) is 127 Å². The molecule has 0 unspecified atom stereocenters. The molecule has 0 fully saturated rings. The number of hydrazone groups is 1. The highest BCUT2D eigenvalue weighted by atomic mass is 79.9. The van der Waals surface area contributed by atoms with Gasteiger partial charge in [-0.1, -0.05) is 51.3 Å². The van der Waals surface area contributed by atoms with E-state index < -0.39 is 11.9 Å². The van der Waals surface area contributed by atoms with Crippen molar-refractivity contribution in [2.24, 2.45) is 5.10 Å². The Hall–Kier alpha value is -3.79. The van der Waals surface area contributed by atoms with Gasteiger partial charge in [-0.2, -0.15) is 5.10 Å². The highest BCUT2D eigenvalue weighted by molar-refractivity contribution is 9.11. The highest BCUT2D eigenvalue weighted by Crippen LogP contribution is 2.33. The monoisotopic (exact) mass is 667 g/mol. The Morgan fingerprint density at radius 3 is 2.26 bits per heavy atom. The predicted octanol–water partition coefficient (Wildman–Crippen LogP) is 7.41. The fourth-order valence-electron chi connectivity index (χ4n) is 3.39. The van der Waals surface area contributed by atoms with Crippen LogP contribution in [0.4, 0.5) is 5.69 Å². The molecule has 0 atom stereocenters. The van der Waals surface area contributed by atoms with Crippen LogP contribution in [0.1, 0.15) is 42.2 Å². The quantitative estimate of drug-likeness (QED) is 0.0928. The second kappa shape index (κ2) is 12.8. The third-order valence-corrected chi connectivity index (χ3v) is 6.68. The summed E-state index contributed by atoms with van der Waals surface area (Å²) >= 11 is 12.7. The number of nitrogens with one attached hydrogen (secondary N) is 2. The van der Waals surface area contributed by atoms with E-state index in [0.717, 1.165) is 5.56 Å². The van der Waals surface area contributed by atoms with Crippen LogP contribution in [0.15, 0.2) is 99.0 Å². The summed E-state index contributed by atoms with van der Waals surface area (Å²) in [4.78, 5) is 37.9. The third kappa shape index (κ3) is 7.63. The number of carbonyl (C=O) groups is 3. The van der Waals surface area contributed by atoms with Gasteiger partial charge in [0.15, 0.2) is 5.75 Å². The number of amides is 2. The molecule has 2 N–H and O–H groups in total. The van der Waals surface area contributed by atoms with E-state index in [9.17, 15) is 14.4 Å². The van der Waals surface area contributed by atoms with Gasteiger partial charge in [-0.15, -0.1) is 0 Å². The molecular formula is C29H20Br2ClN3O4. The molecule has 0 radical (unpaired) electrons. The van der Waals surface area contributed by atoms with Crippen LogP contribution in [-0.2, 0) is 0 Å². The van der Waals surface area contributed by atoms with Crippen molar-refractivity contribution >= 4 is 73.1 Å². The van der Waals surface area contributed by atoms with Gasteiger partial charge >= 0.3 is 5.97 Å². The van der Waals surface area contributed by atoms with Crippen molar-refractivity contribution in [2.45, 2.75) is 6.92 Å². The molecule has 0 aliphatic carbocycles. The van der Waals surface area contributed by atoms with E-state index in [1.165, 1.54) is 6.21 Å². The highest BCUT2D eigenvalue weighted by Gasteiger charge is 2.16. The molecule has 4 rings (SSSR count). The van der Waals surface area contributed by atoms with Gasteiger partial charge in [0.05, 0.1) is 16.3 Å². The van der Waals surface area contributed by atoms with Gasteiger partial charge in [0, 0.05) is 31.9 Å². The third-order valence-electron chi connectivity index (χ3n) is 5.38. The summed E-state index contributed by atoms with van der Waals surface area (Å²) in [6.07, 6.45) is 1.36. The predicted molar refractivity (Wildman–Crippen MR) is 159 cm³/mol. The van der Waals surface area contributed by atoms with Gasteiger partial charge < -0.3 is 10.1 Å². The lowest BCUT2D eigenvalue weighted by atomic mass is 10.1. The number of anilines is 1. The average molecular weight is 670 g/mol. The van der Waals surface area contributed by atoms with E-state index in [4.69, 9.17) is 16.3 Å². The van der Waals surface area contributed by atoms with Gasteiger partial charge in [-0.3, -0.25) is 9.59 Å². The fourth-order valence-corrected chi connectivity index (χ4v) is 4.86. The summed E-state index contributed by atoms with van der Waals surface area (Å²) in [6, 6.07) is 23.4. The molecule has 0 bridgehead atoms. The molecule has 2 amide bonds. The molecule has 4 aromatic rings. The van der Waals surface area contributed by atoms with E-state index in [2.05, 4.69) is 47.7 Å². The lowest BCUT2D eigenvalue weighted by Crippen LogP contribution is -2.18. The topological polar surface area (TPSA) is 96.9 Å². The number of aryl methyl sites for hydroxylation is 1. The summed E-state index contributed by atoms with van der Waals surface area (Å²) in [5.74, 6) is -1.15. The maximum atomic E-state index is 12.7. The summed E-state index contributed by atoms with van der Waals surface area (Å²) in [5, 5.41) is 7.32. The zero-order valence-corrected chi connectivity index (χ0v) is 24.3. The first kappa shape index (κ1) is 28.2. The van der Waals surface area contributed by atoms with Crippen molar-refractivity contribution in [1.29, 1.82) is 0 Å². The summed E-state index contributed by atoms with van der Waals surface area (Å²) in [7, 11) is 0. The van der Waals surface area contributed by atoms with Crippen LogP contribution in [0, 0.1) is 6.92 Å². The number of esters is 1. The molecule has 4 aromatic carbocycles. The van der Waals surface area contributed by atoms with Gasteiger partial charge in [-0.05, 0) is 89.6 Å². The first-order chi connectivity index (χ1) is 18.7. The molecule has 0 heterocycles. The van der Waals surface area contributed by atoms with E-state index in [1.807, 2.05) is 19.1 Å². The molecule has 7 nitrogen and oxygen atoms in total. The van der Waals surface area contributed by atoms with E-state index >= 15 is 0 Å². The molecule has 0 aliphatic rings. The van der Waals surface area contributed by atoms with Gasteiger partial charge in [0.2, 0.25) is 0 Å². The maximum Gasteiger partial charge on any atom is 0.343 e. The molecule has 196 valence electrons. The lowest BCUT2D eigenvalue weighted by molar-refractivity contribution is 0.0732. The number of ether oxygens (including phenoxy) is 1. The van der Waals surface area contributed by atoms with Crippen LogP contribution in [0.25, 0.3) is 0 Å². The minimum atomic E-state index is -0.585. The Morgan fingerprint density at radius 1 is 0.846 bits per heavy atom. The second-order valence-electron chi connectivity index (χ2n) is 8.30. The van der Waals surface area contributed by atoms with Crippen LogP contribution in [0.3, 0.4) is 0 Å². The smallest absolute Gasteiger partial charge is 0.343 e. The number of nitrogens with zero attached hydrogens (tertiary/aromatic N) is 1. The zero-order chi connectivity index (χ0) is 27.9. The van der Waals surface area contributed by atoms with Crippen molar-refractivity contribution in [3.63, 3.8) is 0 Å². The number of carbonyl (C=O) groups excluding carboxylic acids is 3. The number of hydrogen-bond donors (Lipinski definition) is 2. The van der Waals surface area contributed by atoms with Crippen LogP contribution >= 0.6 is 43.5 Å². The van der Waals surface area contributed by atoms with Gasteiger partial charge in [-0.25, -0.2) is 10.2 Å². The summed E-state index contributed by atoms with van der Waals surface area (Å²) in [5.41, 5.74) is 5.51. The van der Waals surface area contributed by atoms with Gasteiger partial charge in [0.25, 0.3) is 11.8 Å². The molecule has 0 aliphatic heterocycles. The molecule has 0 spiro atoms. The number of hydrogen-bond acceptors (Lipinski definition) is 5. The van der Waals surface area contributed by atoms with E-state index in [-0.39, 0.29) is 11.7 Å². The Labute approximate surface area is 246 Å². The van der Waals surface area contributed by atoms with Gasteiger partial charge in [0.1, 0.15) is 0 Å². The van der Waals surface area contributed by atoms with Crippen LogP contribution in [0.2, 0.25) is 5.02 Å². The van der Waals surface area contributed by atoms with Crippen LogP contribution in [0.5, 0.6) is 5.75 Å². The second-order valence-corrected chi connectivity index (χ2v) is 10.5. The Kier molecular flexibility index (Phi) is 9.29. The SMILES string of the molecule is Cc1ccc(C(=O)Nc2cccc(C(=O)NN=Cc3cc(Br)cc(Br)c3OC(=O)c3ccc(Cl)cc3)c2)cc1. The largest absolute Gasteiger partial charge is 0.421 e. The molecule has 39 heavy (non-hydrogen) atoms. The molecular weight excluding hydrogens is 650 g/mol. The summed E-state index contributed by atoms with van der Waals surface area (Å²) in [6.45, 7) is 1.94. The van der Waals surface area contributed by atoms with E-state index in [1.54, 1.807) is 72.8 Å². The maximum absolute atomic E-state index is 12.7. The molecule has 0 aromatic heterocycles. The normalized spacial score (nSPS) is 10.8. The average Bonchev–Trinajstić information content (AvgIpc) is 2.91. The van der Waals surface area contributed by atoms with E-state index in [0.29, 0.717) is 41.9 Å². The van der Waals surface area contributed by atoms with Crippen molar-refractivity contribution in [3.8, 4) is 5.75 Å². The van der Waals surface area contributed by atoms with Crippen molar-refractivity contribution in [2.75, 3.05) is 5.32 Å². The minimum Gasteiger partial charge on any atom is -0.421 e. The minimum absolute atomic E-state index is 0.219. The van der Waals surface area contributed by atoms with Crippen LogP contribution < -0.4 is 15.5 Å². The fraction of sp³-hybridized carbons (Fsp3) is 0.0345. The standard InChI is InChI=1S/C29H20Br2ClN3O4/c1-17-5-7-18(8-6-17)27(36)34-24-4-2-3-20(14-24)28(37)35-33-16-21-13-22(30)15-25(31)26(21)39-29(38)19-9-11-23(32)12-10-19/h2-16H,1H3,(H,34,36)(H,35,37). The van der Waals surface area contributed by atoms with Crippen molar-refractivity contribution in [1.82, 2.24) is 5.43 Å². The Morgan fingerprint density at radius 2 is 1.54 bits per heavy atom. The number of benzene rings is 4. The first-order valence-electron chi connectivity index (χ1n) is 11.5. The molecule has 0 saturated carbocycles. The lowest BCUT2D eigenvalue weighted by Gasteiger charge is -2.11. The number of rotatable bonds is 7.